The molecule has 3 rings (SSSR count). The number of rotatable bonds is 9. The number of benzene rings is 1. The standard InChI is InChI=1S/C23H25F3N4O3S/c1-4-30(5-2)11-10-27-21-19(34-22(31)29-21)13-15-6-8-17(18(12-15)32-3)33-20-9-7-16(14-28-20)23(24,25)26/h6-9,12-14H,4-5,10-11H2,1-3H3,(H,27,29,31). The summed E-state index contributed by atoms with van der Waals surface area (Å²) in [7, 11) is 1.45. The third-order valence-corrected chi connectivity index (χ3v) is 5.81. The SMILES string of the molecule is CCN(CC)CCNC1=NC(=O)SC1=Cc1ccc(Oc2ccc(C(F)(F)F)cn2)c(OC)c1. The molecule has 1 amide bonds. The predicted octanol–water partition coefficient (Wildman–Crippen LogP) is 5.44. The number of halogens is 3. The number of pyridine rings is 1. The summed E-state index contributed by atoms with van der Waals surface area (Å²) in [4.78, 5) is 22.6. The molecule has 11 heteroatoms. The number of carbonyl (C=O) groups is 1. The van der Waals surface area contributed by atoms with Gasteiger partial charge in [0.25, 0.3) is 0 Å². The topological polar surface area (TPSA) is 76.1 Å². The summed E-state index contributed by atoms with van der Waals surface area (Å²) >= 11 is 1.03. The summed E-state index contributed by atoms with van der Waals surface area (Å²) in [5, 5.41) is 2.93. The Morgan fingerprint density at radius 3 is 2.53 bits per heavy atom. The van der Waals surface area contributed by atoms with E-state index in [1.54, 1.807) is 18.2 Å². The van der Waals surface area contributed by atoms with Crippen molar-refractivity contribution in [2.75, 3.05) is 33.3 Å². The summed E-state index contributed by atoms with van der Waals surface area (Å²) in [6.07, 6.45) is -1.95. The molecule has 2 aromatic rings. The van der Waals surface area contributed by atoms with E-state index in [9.17, 15) is 18.0 Å². The molecule has 1 N–H and O–H groups in total. The zero-order chi connectivity index (χ0) is 24.7. The molecule has 1 aromatic heterocycles. The first kappa shape index (κ1) is 25.6. The minimum atomic E-state index is -4.47. The molecular formula is C23H25F3N4O3S. The molecule has 0 bridgehead atoms. The molecule has 0 spiro atoms. The maximum Gasteiger partial charge on any atom is 0.417 e. The van der Waals surface area contributed by atoms with E-state index in [0.717, 1.165) is 49.1 Å². The molecule has 0 unspecified atom stereocenters. The molecule has 2 heterocycles. The Bertz CT molecular complexity index is 1070. The van der Waals surface area contributed by atoms with E-state index < -0.39 is 11.7 Å². The van der Waals surface area contributed by atoms with Crippen molar-refractivity contribution in [3.05, 3.63) is 52.6 Å². The molecule has 0 saturated heterocycles. The Kier molecular flexibility index (Phi) is 8.56. The number of alkyl halides is 3. The molecule has 0 aliphatic carbocycles. The Balaban J connectivity index is 1.73. The summed E-state index contributed by atoms with van der Waals surface area (Å²) in [6.45, 7) is 7.55. The lowest BCUT2D eigenvalue weighted by Gasteiger charge is -2.18. The van der Waals surface area contributed by atoms with Crippen molar-refractivity contribution in [2.45, 2.75) is 20.0 Å². The first-order chi connectivity index (χ1) is 16.2. The van der Waals surface area contributed by atoms with Gasteiger partial charge < -0.3 is 19.7 Å². The number of nitrogens with one attached hydrogen (secondary N) is 1. The van der Waals surface area contributed by atoms with Gasteiger partial charge in [-0.05, 0) is 54.7 Å². The highest BCUT2D eigenvalue weighted by Gasteiger charge is 2.30. The van der Waals surface area contributed by atoms with Crippen LogP contribution in [0.1, 0.15) is 25.0 Å². The van der Waals surface area contributed by atoms with Crippen LogP contribution in [-0.2, 0) is 6.18 Å². The van der Waals surface area contributed by atoms with Gasteiger partial charge in [0.2, 0.25) is 5.88 Å². The highest BCUT2D eigenvalue weighted by atomic mass is 32.2. The number of hydrogen-bond donors (Lipinski definition) is 1. The molecule has 1 aromatic carbocycles. The third-order valence-electron chi connectivity index (χ3n) is 5.01. The number of amides is 1. The number of aromatic nitrogens is 1. The monoisotopic (exact) mass is 494 g/mol. The van der Waals surface area contributed by atoms with Crippen molar-refractivity contribution in [2.24, 2.45) is 4.99 Å². The van der Waals surface area contributed by atoms with E-state index in [1.165, 1.54) is 7.11 Å². The average Bonchev–Trinajstić information content (AvgIpc) is 3.16. The van der Waals surface area contributed by atoms with Crippen LogP contribution in [0.4, 0.5) is 18.0 Å². The first-order valence-electron chi connectivity index (χ1n) is 10.6. The summed E-state index contributed by atoms with van der Waals surface area (Å²) in [5.41, 5.74) is -0.124. The van der Waals surface area contributed by atoms with Crippen molar-refractivity contribution in [3.8, 4) is 17.4 Å². The van der Waals surface area contributed by atoms with Crippen LogP contribution in [-0.4, -0.2) is 54.2 Å². The van der Waals surface area contributed by atoms with Gasteiger partial charge in [0.05, 0.1) is 17.6 Å². The van der Waals surface area contributed by atoms with Crippen molar-refractivity contribution in [1.29, 1.82) is 0 Å². The van der Waals surface area contributed by atoms with Gasteiger partial charge in [-0.15, -0.1) is 0 Å². The smallest absolute Gasteiger partial charge is 0.417 e. The number of methoxy groups -OCH3 is 1. The fourth-order valence-corrected chi connectivity index (χ4v) is 3.87. The Morgan fingerprint density at radius 2 is 1.91 bits per heavy atom. The number of nitrogens with zero attached hydrogens (tertiary/aromatic N) is 3. The second-order valence-corrected chi connectivity index (χ2v) is 8.18. The quantitative estimate of drug-likeness (QED) is 0.498. The van der Waals surface area contributed by atoms with Crippen LogP contribution in [0, 0.1) is 0 Å². The zero-order valence-corrected chi connectivity index (χ0v) is 19.8. The van der Waals surface area contributed by atoms with Gasteiger partial charge in [0.15, 0.2) is 11.5 Å². The summed E-state index contributed by atoms with van der Waals surface area (Å²) in [5.74, 6) is 1.17. The van der Waals surface area contributed by atoms with Crippen molar-refractivity contribution in [3.63, 3.8) is 0 Å². The van der Waals surface area contributed by atoms with Crippen LogP contribution in [0.25, 0.3) is 6.08 Å². The maximum atomic E-state index is 12.7. The molecule has 0 radical (unpaired) electrons. The molecule has 34 heavy (non-hydrogen) atoms. The molecule has 1 aliphatic rings. The molecule has 182 valence electrons. The lowest BCUT2D eigenvalue weighted by molar-refractivity contribution is -0.137. The largest absolute Gasteiger partial charge is 0.493 e. The lowest BCUT2D eigenvalue weighted by Crippen LogP contribution is -2.34. The van der Waals surface area contributed by atoms with Gasteiger partial charge in [-0.25, -0.2) is 4.98 Å². The molecule has 0 saturated carbocycles. The van der Waals surface area contributed by atoms with Crippen LogP contribution in [0.3, 0.4) is 0 Å². The second-order valence-electron chi connectivity index (χ2n) is 7.19. The van der Waals surface area contributed by atoms with Gasteiger partial charge in [-0.1, -0.05) is 19.9 Å². The van der Waals surface area contributed by atoms with Crippen LogP contribution < -0.4 is 14.8 Å². The first-order valence-corrected chi connectivity index (χ1v) is 11.4. The molecular weight excluding hydrogens is 469 g/mol. The number of ether oxygens (including phenoxy) is 2. The molecule has 1 aliphatic heterocycles. The van der Waals surface area contributed by atoms with Crippen LogP contribution in [0.5, 0.6) is 17.4 Å². The maximum absolute atomic E-state index is 12.7. The minimum absolute atomic E-state index is 0.00108. The fraction of sp³-hybridized carbons (Fsp3) is 0.348. The van der Waals surface area contributed by atoms with Gasteiger partial charge in [-0.2, -0.15) is 18.2 Å². The summed E-state index contributed by atoms with van der Waals surface area (Å²) < 4.78 is 49.1. The minimum Gasteiger partial charge on any atom is -0.493 e. The number of hydrogen-bond acceptors (Lipinski definition) is 7. The average molecular weight is 495 g/mol. The Hall–Kier alpha value is -3.05. The van der Waals surface area contributed by atoms with Gasteiger partial charge >= 0.3 is 11.4 Å². The highest BCUT2D eigenvalue weighted by molar-refractivity contribution is 8.18. The van der Waals surface area contributed by atoms with Crippen molar-refractivity contribution < 1.29 is 27.4 Å². The number of thioether (sulfide) groups is 1. The van der Waals surface area contributed by atoms with E-state index in [0.29, 0.717) is 35.0 Å². The van der Waals surface area contributed by atoms with Crippen molar-refractivity contribution in [1.82, 2.24) is 15.2 Å². The predicted molar refractivity (Wildman–Crippen MR) is 126 cm³/mol. The van der Waals surface area contributed by atoms with E-state index in [-0.39, 0.29) is 11.1 Å². The van der Waals surface area contributed by atoms with Crippen LogP contribution >= 0.6 is 11.8 Å². The lowest BCUT2D eigenvalue weighted by atomic mass is 10.2. The highest BCUT2D eigenvalue weighted by Crippen LogP contribution is 2.35. The molecule has 0 fully saturated rings. The third kappa shape index (κ3) is 6.73. The number of aliphatic imine (C=N–C) groups is 1. The van der Waals surface area contributed by atoms with Crippen LogP contribution in [0.2, 0.25) is 0 Å². The number of likely N-dealkylation sites (N-methyl/N-ethyl adjacent to an activating group) is 1. The van der Waals surface area contributed by atoms with E-state index in [1.807, 2.05) is 6.08 Å². The van der Waals surface area contributed by atoms with E-state index in [2.05, 4.69) is 34.0 Å². The Morgan fingerprint density at radius 1 is 1.15 bits per heavy atom. The van der Waals surface area contributed by atoms with Crippen LogP contribution in [0.15, 0.2) is 46.4 Å². The van der Waals surface area contributed by atoms with Gasteiger partial charge in [0, 0.05) is 25.4 Å². The zero-order valence-electron chi connectivity index (χ0n) is 19.0. The van der Waals surface area contributed by atoms with Gasteiger partial charge in [0.1, 0.15) is 5.84 Å². The van der Waals surface area contributed by atoms with Gasteiger partial charge in [-0.3, -0.25) is 4.79 Å². The van der Waals surface area contributed by atoms with Crippen molar-refractivity contribution >= 4 is 28.9 Å². The molecule has 7 nitrogen and oxygen atoms in total. The summed E-state index contributed by atoms with van der Waals surface area (Å²) in [6, 6.07) is 7.10. The van der Waals surface area contributed by atoms with E-state index in [4.69, 9.17) is 9.47 Å². The normalized spacial score (nSPS) is 15.1. The fourth-order valence-electron chi connectivity index (χ4n) is 3.14. The van der Waals surface area contributed by atoms with E-state index >= 15 is 0 Å². The second kappa shape index (κ2) is 11.4. The number of amidine groups is 1. The molecule has 0 atom stereocenters. The number of carbonyl (C=O) groups excluding carboxylic acids is 1. The Labute approximate surface area is 200 Å².